The number of benzene rings is 2. The van der Waals surface area contributed by atoms with Gasteiger partial charge in [-0.15, -0.1) is 0 Å². The Morgan fingerprint density at radius 3 is 2.56 bits per heavy atom. The van der Waals surface area contributed by atoms with Crippen molar-refractivity contribution < 1.29 is 27.1 Å². The number of amides is 1. The number of methoxy groups -OCH3 is 1. The Labute approximate surface area is 199 Å². The van der Waals surface area contributed by atoms with Crippen LogP contribution in [0.5, 0.6) is 0 Å². The third-order valence-corrected chi connectivity index (χ3v) is 7.14. The number of para-hydroxylation sites is 1. The van der Waals surface area contributed by atoms with Crippen LogP contribution in [-0.2, 0) is 26.1 Å². The van der Waals surface area contributed by atoms with Crippen molar-refractivity contribution in [2.24, 2.45) is 0 Å². The Balaban J connectivity index is 1.36. The van der Waals surface area contributed by atoms with Gasteiger partial charge in [-0.25, -0.2) is 13.1 Å². The Morgan fingerprint density at radius 2 is 1.82 bits per heavy atom. The van der Waals surface area contributed by atoms with Crippen molar-refractivity contribution in [3.63, 3.8) is 0 Å². The van der Waals surface area contributed by atoms with Gasteiger partial charge in [-0.1, -0.05) is 18.2 Å². The zero-order valence-electron chi connectivity index (χ0n) is 19.1. The third kappa shape index (κ3) is 5.83. The Kier molecular flexibility index (Phi) is 7.96. The summed E-state index contributed by atoms with van der Waals surface area (Å²) in [7, 11) is -2.08. The number of nitrogens with zero attached hydrogens (tertiary/aromatic N) is 1. The third-order valence-electron chi connectivity index (χ3n) is 5.66. The molecular weight excluding hydrogens is 458 g/mol. The van der Waals surface area contributed by atoms with Gasteiger partial charge in [0.05, 0.1) is 24.7 Å². The summed E-state index contributed by atoms with van der Waals surface area (Å²) >= 11 is 0. The minimum atomic E-state index is -3.63. The van der Waals surface area contributed by atoms with Crippen LogP contribution in [0.3, 0.4) is 0 Å². The van der Waals surface area contributed by atoms with E-state index in [9.17, 15) is 13.2 Å². The minimum Gasteiger partial charge on any atom is -0.451 e. The first-order valence-electron chi connectivity index (χ1n) is 11.2. The number of sulfonamides is 1. The number of morpholine rings is 1. The molecule has 34 heavy (non-hydrogen) atoms. The largest absolute Gasteiger partial charge is 0.451 e. The lowest BCUT2D eigenvalue weighted by atomic mass is 10.1. The number of carbonyl (C=O) groups is 1. The molecule has 2 aromatic carbocycles. The summed E-state index contributed by atoms with van der Waals surface area (Å²) in [6, 6.07) is 13.4. The summed E-state index contributed by atoms with van der Waals surface area (Å²) in [5.74, 6) is -0.262. The van der Waals surface area contributed by atoms with Crippen molar-refractivity contribution in [3.8, 4) is 0 Å². The molecule has 1 aromatic heterocycles. The van der Waals surface area contributed by atoms with Crippen LogP contribution >= 0.6 is 0 Å². The molecule has 1 saturated heterocycles. The second kappa shape index (κ2) is 11.1. The van der Waals surface area contributed by atoms with Crippen LogP contribution in [-0.4, -0.2) is 65.7 Å². The van der Waals surface area contributed by atoms with E-state index in [2.05, 4.69) is 14.9 Å². The summed E-state index contributed by atoms with van der Waals surface area (Å²) in [5, 5.41) is 3.58. The van der Waals surface area contributed by atoms with Gasteiger partial charge in [0.2, 0.25) is 10.0 Å². The Bertz CT molecular complexity index is 1220. The van der Waals surface area contributed by atoms with Crippen LogP contribution < -0.4 is 10.0 Å². The summed E-state index contributed by atoms with van der Waals surface area (Å²) in [6.45, 7) is 4.60. The van der Waals surface area contributed by atoms with Crippen molar-refractivity contribution in [1.82, 2.24) is 9.62 Å². The van der Waals surface area contributed by atoms with E-state index < -0.39 is 15.9 Å². The van der Waals surface area contributed by atoms with Crippen LogP contribution in [0.1, 0.15) is 22.5 Å². The first kappa shape index (κ1) is 24.4. The molecule has 1 aliphatic heterocycles. The summed E-state index contributed by atoms with van der Waals surface area (Å²) in [5.41, 5.74) is 1.72. The monoisotopic (exact) mass is 487 g/mol. The summed E-state index contributed by atoms with van der Waals surface area (Å²) in [6.07, 6.45) is 0.717. The van der Waals surface area contributed by atoms with Gasteiger partial charge in [-0.05, 0) is 43.3 Å². The zero-order chi connectivity index (χ0) is 24.0. The highest BCUT2D eigenvalue weighted by atomic mass is 32.2. The second-order valence-corrected chi connectivity index (χ2v) is 9.79. The van der Waals surface area contributed by atoms with Crippen LogP contribution in [0.15, 0.2) is 57.8 Å². The fourth-order valence-corrected chi connectivity index (χ4v) is 4.97. The van der Waals surface area contributed by atoms with Crippen LogP contribution in [0.25, 0.3) is 11.0 Å². The smallest absolute Gasteiger partial charge is 0.291 e. The normalized spacial score (nSPS) is 15.0. The van der Waals surface area contributed by atoms with Crippen molar-refractivity contribution in [2.75, 3.05) is 51.8 Å². The molecule has 10 heteroatoms. The lowest BCUT2D eigenvalue weighted by Crippen LogP contribution is -2.38. The van der Waals surface area contributed by atoms with Gasteiger partial charge in [0.25, 0.3) is 5.91 Å². The molecular formula is C24H29N3O6S. The predicted octanol–water partition coefficient (Wildman–Crippen LogP) is 2.83. The molecule has 1 aliphatic rings. The van der Waals surface area contributed by atoms with Gasteiger partial charge in [-0.2, -0.15) is 0 Å². The molecule has 3 aromatic rings. The van der Waals surface area contributed by atoms with Gasteiger partial charge >= 0.3 is 0 Å². The number of rotatable bonds is 10. The van der Waals surface area contributed by atoms with Crippen molar-refractivity contribution in [3.05, 3.63) is 59.9 Å². The van der Waals surface area contributed by atoms with Crippen molar-refractivity contribution >= 4 is 32.6 Å². The fraction of sp³-hybridized carbons (Fsp3) is 0.375. The van der Waals surface area contributed by atoms with Gasteiger partial charge in [0.15, 0.2) is 5.76 Å². The average Bonchev–Trinajstić information content (AvgIpc) is 3.22. The second-order valence-electron chi connectivity index (χ2n) is 8.02. The molecule has 0 aliphatic carbocycles. The Hall–Kier alpha value is -2.76. The molecule has 182 valence electrons. The van der Waals surface area contributed by atoms with Gasteiger partial charge < -0.3 is 19.2 Å². The molecule has 2 heterocycles. The van der Waals surface area contributed by atoms with Gasteiger partial charge in [0.1, 0.15) is 5.58 Å². The highest BCUT2D eigenvalue weighted by molar-refractivity contribution is 7.89. The topological polar surface area (TPSA) is 110 Å². The lowest BCUT2D eigenvalue weighted by Gasteiger charge is -2.26. The molecule has 0 radical (unpaired) electrons. The van der Waals surface area contributed by atoms with Crippen LogP contribution in [0.4, 0.5) is 5.69 Å². The first-order valence-corrected chi connectivity index (χ1v) is 12.7. The number of fused-ring (bicyclic) bond motifs is 1. The molecule has 4 rings (SSSR count). The highest BCUT2D eigenvalue weighted by Gasteiger charge is 2.21. The van der Waals surface area contributed by atoms with Crippen molar-refractivity contribution in [2.45, 2.75) is 17.9 Å². The van der Waals surface area contributed by atoms with Crippen LogP contribution in [0.2, 0.25) is 0 Å². The molecule has 0 saturated carbocycles. The van der Waals surface area contributed by atoms with Crippen LogP contribution in [0, 0.1) is 0 Å². The number of carbonyl (C=O) groups excluding carboxylic acids is 1. The maximum Gasteiger partial charge on any atom is 0.291 e. The molecule has 0 spiro atoms. The highest BCUT2D eigenvalue weighted by Crippen LogP contribution is 2.27. The minimum absolute atomic E-state index is 0.140. The Morgan fingerprint density at radius 1 is 1.09 bits per heavy atom. The predicted molar refractivity (Wildman–Crippen MR) is 128 cm³/mol. The molecule has 2 N–H and O–H groups in total. The van der Waals surface area contributed by atoms with E-state index >= 15 is 0 Å². The number of anilines is 1. The number of ether oxygens (including phenoxy) is 2. The fourth-order valence-electron chi connectivity index (χ4n) is 3.89. The molecule has 9 nitrogen and oxygen atoms in total. The zero-order valence-corrected chi connectivity index (χ0v) is 19.9. The molecule has 0 bridgehead atoms. The summed E-state index contributed by atoms with van der Waals surface area (Å²) < 4.78 is 44.1. The quantitative estimate of drug-likeness (QED) is 0.423. The number of nitrogens with one attached hydrogen (secondary N) is 2. The summed E-state index contributed by atoms with van der Waals surface area (Å²) in [4.78, 5) is 15.3. The van der Waals surface area contributed by atoms with Gasteiger partial charge in [0, 0.05) is 43.4 Å². The molecule has 0 atom stereocenters. The maximum atomic E-state index is 12.9. The lowest BCUT2D eigenvalue weighted by molar-refractivity contribution is 0.0376. The van der Waals surface area contributed by atoms with E-state index in [1.54, 1.807) is 25.3 Å². The van der Waals surface area contributed by atoms with E-state index in [1.165, 1.54) is 12.1 Å². The van der Waals surface area contributed by atoms with Gasteiger partial charge in [-0.3, -0.25) is 9.69 Å². The average molecular weight is 488 g/mol. The number of hydrogen-bond acceptors (Lipinski definition) is 7. The van der Waals surface area contributed by atoms with E-state index in [1.807, 2.05) is 18.2 Å². The van der Waals surface area contributed by atoms with Crippen molar-refractivity contribution in [1.29, 1.82) is 0 Å². The number of furan rings is 1. The maximum absolute atomic E-state index is 12.9. The first-order chi connectivity index (χ1) is 16.5. The number of hydrogen-bond donors (Lipinski definition) is 2. The standard InChI is InChI=1S/C24H29N3O6S/c1-31-17-21-20-5-2-3-6-22(20)33-23(21)24(28)26-18-7-9-19(10-8-18)34(29,30)25-11-4-12-27-13-15-32-16-14-27/h2-3,5-10,25H,4,11-17H2,1H3,(H,26,28). The van der Waals surface area contributed by atoms with E-state index in [0.717, 1.165) is 38.2 Å². The molecule has 1 amide bonds. The van der Waals surface area contributed by atoms with E-state index in [-0.39, 0.29) is 17.3 Å². The molecule has 1 fully saturated rings. The molecule has 0 unspecified atom stereocenters. The van der Waals surface area contributed by atoms with E-state index in [0.29, 0.717) is 29.8 Å². The van der Waals surface area contributed by atoms with E-state index in [4.69, 9.17) is 13.9 Å². The SMILES string of the molecule is COCc1c(C(=O)Nc2ccc(S(=O)(=O)NCCCN3CCOCC3)cc2)oc2ccccc12.